The van der Waals surface area contributed by atoms with Crippen LogP contribution in [-0.4, -0.2) is 36.2 Å². The summed E-state index contributed by atoms with van der Waals surface area (Å²) >= 11 is 0. The molecule has 0 heterocycles. The summed E-state index contributed by atoms with van der Waals surface area (Å²) in [6.45, 7) is 3.45. The van der Waals surface area contributed by atoms with Gasteiger partial charge in [-0.05, 0) is 0 Å². The third-order valence-corrected chi connectivity index (χ3v) is 18.0. The molecular weight excluding hydrogens is 478 g/mol. The van der Waals surface area contributed by atoms with Crippen molar-refractivity contribution >= 4 is 47.3 Å². The molecule has 0 fully saturated rings. The van der Waals surface area contributed by atoms with Crippen LogP contribution in [0.4, 0.5) is 0 Å². The molecule has 0 N–H and O–H groups in total. The first-order valence-electron chi connectivity index (χ1n) is 12.7. The van der Waals surface area contributed by atoms with Gasteiger partial charge in [0.05, 0.1) is 0 Å². The van der Waals surface area contributed by atoms with E-state index < -0.39 is 14.5 Å². The number of hydrogen-bond donors (Lipinski definition) is 0. The molecule has 0 aliphatic carbocycles. The standard InChI is InChI=1S/C32H36O2P2/c1-27(33)25-35(29-15-7-3-8-16-29,30-17-9-4-10-18-30)23-24-36(26-28(2)34,31-19-11-5-12-20-31)32-21-13-6-14-22-32/h3-22,35-36H,23-26H2,1-2H3. The Balaban J connectivity index is 1.91. The molecule has 36 heavy (non-hydrogen) atoms. The summed E-state index contributed by atoms with van der Waals surface area (Å²) in [6.07, 6.45) is 2.97. The van der Waals surface area contributed by atoms with Gasteiger partial charge in [0.15, 0.2) is 0 Å². The van der Waals surface area contributed by atoms with Crippen molar-refractivity contribution in [3.05, 3.63) is 121 Å². The molecule has 0 saturated heterocycles. The Hall–Kier alpha value is -2.92. The number of carbonyl (C=O) groups is 2. The van der Waals surface area contributed by atoms with Gasteiger partial charge in [0.2, 0.25) is 0 Å². The van der Waals surface area contributed by atoms with E-state index in [2.05, 4.69) is 97.1 Å². The van der Waals surface area contributed by atoms with Crippen LogP contribution in [-0.2, 0) is 9.59 Å². The van der Waals surface area contributed by atoms with Gasteiger partial charge in [-0.3, -0.25) is 0 Å². The minimum absolute atomic E-state index is 0.229. The molecule has 186 valence electrons. The summed E-state index contributed by atoms with van der Waals surface area (Å²) in [4.78, 5) is 25.7. The second-order valence-electron chi connectivity index (χ2n) is 9.89. The van der Waals surface area contributed by atoms with E-state index in [0.29, 0.717) is 12.3 Å². The normalized spacial score (nSPS) is 12.6. The van der Waals surface area contributed by atoms with Crippen molar-refractivity contribution in [2.45, 2.75) is 13.8 Å². The first-order valence-corrected chi connectivity index (χ1v) is 17.5. The first-order chi connectivity index (χ1) is 17.5. The molecule has 4 heteroatoms. The van der Waals surface area contributed by atoms with Crippen molar-refractivity contribution in [2.24, 2.45) is 0 Å². The monoisotopic (exact) mass is 514 g/mol. The van der Waals surface area contributed by atoms with Gasteiger partial charge in [0.1, 0.15) is 0 Å². The maximum atomic E-state index is 12.8. The van der Waals surface area contributed by atoms with Crippen molar-refractivity contribution in [1.29, 1.82) is 0 Å². The Morgan fingerprint density at radius 1 is 0.444 bits per heavy atom. The van der Waals surface area contributed by atoms with Gasteiger partial charge in [-0.25, -0.2) is 0 Å². The summed E-state index contributed by atoms with van der Waals surface area (Å²) in [7, 11) is -4.93. The van der Waals surface area contributed by atoms with E-state index in [1.807, 2.05) is 24.3 Å². The summed E-state index contributed by atoms with van der Waals surface area (Å²) in [5.41, 5.74) is 0. The summed E-state index contributed by atoms with van der Waals surface area (Å²) in [6, 6.07) is 42.6. The SMILES string of the molecule is CC(=O)C[PH](CC[PH](CC(C)=O)(c1ccccc1)c1ccccc1)(c1ccccc1)c1ccccc1. The number of hydrogen-bond acceptors (Lipinski definition) is 2. The quantitative estimate of drug-likeness (QED) is 0.265. The molecule has 0 radical (unpaired) electrons. The van der Waals surface area contributed by atoms with Gasteiger partial charge in [0, 0.05) is 0 Å². The van der Waals surface area contributed by atoms with E-state index in [4.69, 9.17) is 0 Å². The molecule has 2 nitrogen and oxygen atoms in total. The van der Waals surface area contributed by atoms with Crippen LogP contribution in [0.15, 0.2) is 121 Å². The molecule has 0 amide bonds. The van der Waals surface area contributed by atoms with Crippen LogP contribution in [0.2, 0.25) is 0 Å². The van der Waals surface area contributed by atoms with E-state index in [0.717, 1.165) is 12.3 Å². The third kappa shape index (κ3) is 5.73. The number of benzene rings is 4. The second kappa shape index (κ2) is 11.9. The van der Waals surface area contributed by atoms with Crippen LogP contribution in [0.3, 0.4) is 0 Å². The van der Waals surface area contributed by atoms with Gasteiger partial charge >= 0.3 is 217 Å². The van der Waals surface area contributed by atoms with Gasteiger partial charge in [-0.15, -0.1) is 0 Å². The zero-order valence-corrected chi connectivity index (χ0v) is 23.2. The fraction of sp³-hybridized carbons (Fsp3) is 0.188. The van der Waals surface area contributed by atoms with E-state index >= 15 is 0 Å². The summed E-state index contributed by atoms with van der Waals surface area (Å²) < 4.78 is 0. The Morgan fingerprint density at radius 3 is 0.861 bits per heavy atom. The van der Waals surface area contributed by atoms with E-state index in [-0.39, 0.29) is 11.6 Å². The fourth-order valence-corrected chi connectivity index (χ4v) is 17.2. The molecule has 0 saturated carbocycles. The van der Waals surface area contributed by atoms with E-state index in [1.54, 1.807) is 13.8 Å². The first kappa shape index (κ1) is 26.2. The van der Waals surface area contributed by atoms with Gasteiger partial charge < -0.3 is 0 Å². The van der Waals surface area contributed by atoms with Crippen molar-refractivity contribution in [3.8, 4) is 0 Å². The fourth-order valence-electron chi connectivity index (χ4n) is 5.80. The van der Waals surface area contributed by atoms with Gasteiger partial charge in [-0.2, -0.15) is 0 Å². The van der Waals surface area contributed by atoms with Crippen LogP contribution < -0.4 is 21.2 Å². The zero-order valence-electron chi connectivity index (χ0n) is 21.2. The van der Waals surface area contributed by atoms with Crippen molar-refractivity contribution in [2.75, 3.05) is 24.6 Å². The molecule has 0 atom stereocenters. The predicted molar refractivity (Wildman–Crippen MR) is 162 cm³/mol. The number of ketones is 2. The molecule has 4 aromatic rings. The Labute approximate surface area is 216 Å². The van der Waals surface area contributed by atoms with Crippen LogP contribution in [0.25, 0.3) is 0 Å². The van der Waals surface area contributed by atoms with Gasteiger partial charge in [0.25, 0.3) is 0 Å². The molecule has 4 rings (SSSR count). The average molecular weight is 515 g/mol. The van der Waals surface area contributed by atoms with Crippen LogP contribution in [0.5, 0.6) is 0 Å². The minimum atomic E-state index is -2.46. The number of Topliss-reactive ketones (excluding diaryl/α,β-unsaturated/α-hetero) is 2. The summed E-state index contributed by atoms with van der Waals surface area (Å²) in [5.74, 6) is 0.459. The Kier molecular flexibility index (Phi) is 8.63. The van der Waals surface area contributed by atoms with Crippen LogP contribution >= 0.6 is 14.5 Å². The van der Waals surface area contributed by atoms with Crippen molar-refractivity contribution in [1.82, 2.24) is 0 Å². The van der Waals surface area contributed by atoms with Crippen molar-refractivity contribution in [3.63, 3.8) is 0 Å². The van der Waals surface area contributed by atoms with E-state index in [9.17, 15) is 9.59 Å². The Bertz CT molecular complexity index is 1090. The molecule has 0 aliphatic rings. The Morgan fingerprint density at radius 2 is 0.667 bits per heavy atom. The molecule has 0 aromatic heterocycles. The molecular formula is C32H36O2P2. The zero-order chi connectivity index (χ0) is 25.4. The van der Waals surface area contributed by atoms with Gasteiger partial charge in [-0.1, -0.05) is 0 Å². The van der Waals surface area contributed by atoms with E-state index in [1.165, 1.54) is 21.2 Å². The molecule has 4 aromatic carbocycles. The number of carbonyl (C=O) groups excluding carboxylic acids is 2. The average Bonchev–Trinajstić information content (AvgIpc) is 2.92. The molecule has 0 spiro atoms. The molecule has 0 aliphatic heterocycles. The second-order valence-corrected chi connectivity index (χ2v) is 18.2. The van der Waals surface area contributed by atoms with Crippen LogP contribution in [0.1, 0.15) is 13.8 Å². The molecule has 0 unspecified atom stereocenters. The maximum absolute atomic E-state index is 12.8. The predicted octanol–water partition coefficient (Wildman–Crippen LogP) is 4.97. The molecule has 0 bridgehead atoms. The van der Waals surface area contributed by atoms with Crippen molar-refractivity contribution < 1.29 is 9.59 Å². The topological polar surface area (TPSA) is 34.1 Å². The van der Waals surface area contributed by atoms with Crippen LogP contribution in [0, 0.1) is 0 Å². The number of rotatable bonds is 11. The summed E-state index contributed by atoms with van der Waals surface area (Å²) in [5, 5.41) is 5.16. The third-order valence-electron chi connectivity index (χ3n) is 7.39.